The Balaban J connectivity index is 0.000000487. The van der Waals surface area contributed by atoms with E-state index in [4.69, 9.17) is 24.8 Å². The van der Waals surface area contributed by atoms with E-state index in [9.17, 15) is 4.79 Å². The summed E-state index contributed by atoms with van der Waals surface area (Å²) in [6, 6.07) is 0. The van der Waals surface area contributed by atoms with E-state index in [-0.39, 0.29) is 11.5 Å². The number of nitrogen functional groups attached to an aromatic ring is 2. The third-order valence-corrected chi connectivity index (χ3v) is 1.40. The van der Waals surface area contributed by atoms with Gasteiger partial charge in [-0.2, -0.15) is 9.19 Å². The largest absolute Gasteiger partial charge is 0.391 e. The molecule has 1 aromatic heterocycles. The standard InChI is InChI=1S/C6H11N5O.H2O3S/c1-11(2)6-9-4(8)3(7)5(12)10-6;1-4(2)3/h7H2,1-2H3,(H3,8,9,10,12);(H2,1,2,3). The number of anilines is 3. The molecule has 0 amide bonds. The first-order valence-corrected chi connectivity index (χ1v) is 4.94. The number of hydrogen-bond donors (Lipinski definition) is 5. The molecule has 0 spiro atoms. The Bertz CT molecular complexity index is 427. The van der Waals surface area contributed by atoms with E-state index in [1.165, 1.54) is 0 Å². The zero-order chi connectivity index (χ0) is 12.9. The van der Waals surface area contributed by atoms with Gasteiger partial charge in [-0.25, -0.2) is 0 Å². The predicted molar refractivity (Wildman–Crippen MR) is 61.4 cm³/mol. The molecule has 0 saturated heterocycles. The number of nitrogens with two attached hydrogens (primary N) is 2. The molecule has 0 fully saturated rings. The Morgan fingerprint density at radius 2 is 1.81 bits per heavy atom. The molecule has 0 bridgehead atoms. The maximum atomic E-state index is 11.0. The molecule has 0 atom stereocenters. The molecule has 1 aromatic rings. The van der Waals surface area contributed by atoms with Gasteiger partial charge in [0.15, 0.2) is 5.82 Å². The number of H-pyrrole nitrogens is 1. The van der Waals surface area contributed by atoms with Crippen molar-refractivity contribution in [3.63, 3.8) is 0 Å². The molecule has 92 valence electrons. The third-order valence-electron chi connectivity index (χ3n) is 1.40. The van der Waals surface area contributed by atoms with E-state index < -0.39 is 16.9 Å². The zero-order valence-electron chi connectivity index (χ0n) is 8.67. The number of nitrogens with zero attached hydrogens (tertiary/aromatic N) is 2. The quantitative estimate of drug-likeness (QED) is 0.384. The Morgan fingerprint density at radius 3 is 2.12 bits per heavy atom. The molecular formula is C6H13N5O4S. The van der Waals surface area contributed by atoms with E-state index in [0.29, 0.717) is 5.95 Å². The maximum absolute atomic E-state index is 11.0. The SMILES string of the molecule is CN(C)c1nc(N)c(N)c(=O)[nH]1.O=S(O)O. The van der Waals surface area contributed by atoms with Crippen LogP contribution in [0, 0.1) is 0 Å². The van der Waals surface area contributed by atoms with Gasteiger partial charge in [0.25, 0.3) is 16.9 Å². The topological polar surface area (TPSA) is 159 Å². The first-order chi connectivity index (χ1) is 7.25. The van der Waals surface area contributed by atoms with Gasteiger partial charge in [0.2, 0.25) is 5.95 Å². The van der Waals surface area contributed by atoms with Gasteiger partial charge in [0.05, 0.1) is 0 Å². The Kier molecular flexibility index (Phi) is 5.42. The summed E-state index contributed by atoms with van der Waals surface area (Å²) in [5, 5.41) is 0. The Hall–Kier alpha value is -1.65. The van der Waals surface area contributed by atoms with Gasteiger partial charge >= 0.3 is 0 Å². The van der Waals surface area contributed by atoms with Gasteiger partial charge in [0, 0.05) is 14.1 Å². The van der Waals surface area contributed by atoms with Crippen LogP contribution in [0.5, 0.6) is 0 Å². The van der Waals surface area contributed by atoms with Crippen LogP contribution in [-0.2, 0) is 11.4 Å². The van der Waals surface area contributed by atoms with Gasteiger partial charge in [-0.3, -0.25) is 18.9 Å². The fraction of sp³-hybridized carbons (Fsp3) is 0.333. The van der Waals surface area contributed by atoms with E-state index >= 15 is 0 Å². The summed E-state index contributed by atoms with van der Waals surface area (Å²) in [5.74, 6) is 0.453. The molecule has 10 heteroatoms. The first kappa shape index (κ1) is 14.3. The molecule has 0 aromatic carbocycles. The molecule has 9 nitrogen and oxygen atoms in total. The minimum absolute atomic E-state index is 0.0411. The normalized spacial score (nSPS) is 9.56. The van der Waals surface area contributed by atoms with Crippen LogP contribution in [-0.4, -0.2) is 37.4 Å². The lowest BCUT2D eigenvalue weighted by Crippen LogP contribution is -2.22. The molecular weight excluding hydrogens is 238 g/mol. The summed E-state index contributed by atoms with van der Waals surface area (Å²) in [4.78, 5) is 19.0. The van der Waals surface area contributed by atoms with E-state index in [1.807, 2.05) is 0 Å². The summed E-state index contributed by atoms with van der Waals surface area (Å²) >= 11 is -2.61. The highest BCUT2D eigenvalue weighted by molar-refractivity contribution is 7.73. The number of rotatable bonds is 1. The molecule has 7 N–H and O–H groups in total. The van der Waals surface area contributed by atoms with Crippen molar-refractivity contribution in [1.82, 2.24) is 9.97 Å². The molecule has 0 unspecified atom stereocenters. The van der Waals surface area contributed by atoms with E-state index in [0.717, 1.165) is 0 Å². The summed E-state index contributed by atoms with van der Waals surface area (Å²) in [6.07, 6.45) is 0. The average Bonchev–Trinajstić information content (AvgIpc) is 2.12. The third kappa shape index (κ3) is 4.72. The van der Waals surface area contributed by atoms with Gasteiger partial charge in [-0.1, -0.05) is 0 Å². The van der Waals surface area contributed by atoms with Gasteiger partial charge in [-0.15, -0.1) is 0 Å². The lowest BCUT2D eigenvalue weighted by molar-refractivity contribution is 0.454. The second kappa shape index (κ2) is 6.05. The summed E-state index contributed by atoms with van der Waals surface area (Å²) in [5.41, 5.74) is 10.2. The monoisotopic (exact) mass is 251 g/mol. The summed E-state index contributed by atoms with van der Waals surface area (Å²) < 4.78 is 22.8. The highest BCUT2D eigenvalue weighted by atomic mass is 32.2. The predicted octanol–water partition coefficient (Wildman–Crippen LogP) is -1.32. The van der Waals surface area contributed by atoms with Crippen LogP contribution >= 0.6 is 0 Å². The molecule has 1 rings (SSSR count). The minimum Gasteiger partial charge on any atom is -0.391 e. The number of hydrogen-bond acceptors (Lipinski definition) is 6. The molecule has 16 heavy (non-hydrogen) atoms. The second-order valence-corrected chi connectivity index (χ2v) is 3.28. The summed E-state index contributed by atoms with van der Waals surface area (Å²) in [7, 11) is 3.49. The van der Waals surface area contributed by atoms with E-state index in [1.54, 1.807) is 19.0 Å². The van der Waals surface area contributed by atoms with Crippen LogP contribution < -0.4 is 21.9 Å². The van der Waals surface area contributed by atoms with Crippen molar-refractivity contribution >= 4 is 28.8 Å². The smallest absolute Gasteiger partial charge is 0.299 e. The lowest BCUT2D eigenvalue weighted by Gasteiger charge is -2.10. The highest BCUT2D eigenvalue weighted by Crippen LogP contribution is 2.07. The minimum atomic E-state index is -2.61. The maximum Gasteiger partial charge on any atom is 0.299 e. The van der Waals surface area contributed by atoms with Crippen LogP contribution in [0.1, 0.15) is 0 Å². The lowest BCUT2D eigenvalue weighted by atomic mass is 10.5. The van der Waals surface area contributed by atoms with Crippen molar-refractivity contribution in [2.45, 2.75) is 0 Å². The molecule has 0 aliphatic rings. The van der Waals surface area contributed by atoms with Crippen molar-refractivity contribution in [2.24, 2.45) is 0 Å². The second-order valence-electron chi connectivity index (χ2n) is 2.81. The summed E-state index contributed by atoms with van der Waals surface area (Å²) in [6.45, 7) is 0. The van der Waals surface area contributed by atoms with Crippen LogP contribution in [0.15, 0.2) is 4.79 Å². The van der Waals surface area contributed by atoms with Crippen molar-refractivity contribution in [1.29, 1.82) is 0 Å². The van der Waals surface area contributed by atoms with Crippen LogP contribution in [0.2, 0.25) is 0 Å². The number of aromatic amines is 1. The molecule has 0 saturated carbocycles. The zero-order valence-corrected chi connectivity index (χ0v) is 9.48. The Morgan fingerprint density at radius 1 is 1.38 bits per heavy atom. The molecule has 0 aliphatic carbocycles. The van der Waals surface area contributed by atoms with Crippen LogP contribution in [0.3, 0.4) is 0 Å². The molecule has 0 aliphatic heterocycles. The molecule has 1 heterocycles. The van der Waals surface area contributed by atoms with Crippen LogP contribution in [0.25, 0.3) is 0 Å². The van der Waals surface area contributed by atoms with Gasteiger partial charge in [0.1, 0.15) is 5.69 Å². The van der Waals surface area contributed by atoms with Crippen molar-refractivity contribution < 1.29 is 13.3 Å². The first-order valence-electron chi connectivity index (χ1n) is 3.88. The fourth-order valence-electron chi connectivity index (χ4n) is 0.699. The average molecular weight is 251 g/mol. The van der Waals surface area contributed by atoms with Crippen molar-refractivity contribution in [3.05, 3.63) is 10.4 Å². The Labute approximate surface area is 93.6 Å². The fourth-order valence-corrected chi connectivity index (χ4v) is 0.699. The van der Waals surface area contributed by atoms with Gasteiger partial charge in [-0.05, 0) is 0 Å². The number of nitrogens with one attached hydrogen (secondary N) is 1. The number of aromatic nitrogens is 2. The highest BCUT2D eigenvalue weighted by Gasteiger charge is 2.05. The molecule has 0 radical (unpaired) electrons. The van der Waals surface area contributed by atoms with Crippen LogP contribution in [0.4, 0.5) is 17.5 Å². The van der Waals surface area contributed by atoms with Gasteiger partial charge < -0.3 is 16.4 Å². The van der Waals surface area contributed by atoms with E-state index in [2.05, 4.69) is 9.97 Å². The van der Waals surface area contributed by atoms with Crippen molar-refractivity contribution in [3.8, 4) is 0 Å². The van der Waals surface area contributed by atoms with Crippen molar-refractivity contribution in [2.75, 3.05) is 30.5 Å².